The number of thiophene rings is 1. The van der Waals surface area contributed by atoms with Crippen LogP contribution in [0.25, 0.3) is 0 Å². The van der Waals surface area contributed by atoms with Gasteiger partial charge in [0.1, 0.15) is 4.21 Å². The highest BCUT2D eigenvalue weighted by atomic mass is 32.2. The molecule has 0 atom stereocenters. The lowest BCUT2D eigenvalue weighted by molar-refractivity contribution is -0.131. The molecule has 3 rings (SSSR count). The van der Waals surface area contributed by atoms with E-state index < -0.39 is 10.0 Å². The third kappa shape index (κ3) is 4.11. The first-order valence-corrected chi connectivity index (χ1v) is 10.7. The Morgan fingerprint density at radius 2 is 1.72 bits per heavy atom. The van der Waals surface area contributed by atoms with Gasteiger partial charge in [-0.05, 0) is 24.1 Å². The van der Waals surface area contributed by atoms with Crippen molar-refractivity contribution in [3.05, 3.63) is 52.9 Å². The van der Waals surface area contributed by atoms with Gasteiger partial charge >= 0.3 is 0 Å². The zero-order chi connectivity index (χ0) is 17.9. The molecular formula is C18H22N2O3S2. The second-order valence-electron chi connectivity index (χ2n) is 6.02. The van der Waals surface area contributed by atoms with E-state index in [2.05, 4.69) is 0 Å². The van der Waals surface area contributed by atoms with Crippen molar-refractivity contribution in [2.24, 2.45) is 0 Å². The Labute approximate surface area is 152 Å². The summed E-state index contributed by atoms with van der Waals surface area (Å²) in [5.74, 6) is 0.0487. The second-order valence-corrected chi connectivity index (χ2v) is 9.35. The van der Waals surface area contributed by atoms with Gasteiger partial charge in [0, 0.05) is 31.1 Å². The van der Waals surface area contributed by atoms with Crippen LogP contribution in [0.3, 0.4) is 0 Å². The fourth-order valence-corrected chi connectivity index (χ4v) is 5.75. The molecule has 1 aromatic heterocycles. The molecule has 5 nitrogen and oxygen atoms in total. The molecule has 1 amide bonds. The Bertz CT molecular complexity index is 823. The summed E-state index contributed by atoms with van der Waals surface area (Å²) in [7, 11) is -3.45. The lowest BCUT2D eigenvalue weighted by Crippen LogP contribution is -2.50. The number of benzene rings is 1. The third-order valence-electron chi connectivity index (χ3n) is 4.37. The van der Waals surface area contributed by atoms with E-state index in [9.17, 15) is 13.2 Å². The number of hydrogen-bond acceptors (Lipinski definition) is 4. The highest BCUT2D eigenvalue weighted by Crippen LogP contribution is 2.26. The summed E-state index contributed by atoms with van der Waals surface area (Å²) in [5.41, 5.74) is 0.980. The molecule has 7 heteroatoms. The first-order chi connectivity index (χ1) is 12.0. The highest BCUT2D eigenvalue weighted by Gasteiger charge is 2.31. The van der Waals surface area contributed by atoms with E-state index in [0.717, 1.165) is 16.9 Å². The van der Waals surface area contributed by atoms with E-state index in [4.69, 9.17) is 0 Å². The highest BCUT2D eigenvalue weighted by molar-refractivity contribution is 7.91. The fraction of sp³-hybridized carbons (Fsp3) is 0.389. The molecule has 0 unspecified atom stereocenters. The average molecular weight is 379 g/mol. The average Bonchev–Trinajstić information content (AvgIpc) is 3.13. The van der Waals surface area contributed by atoms with Crippen molar-refractivity contribution < 1.29 is 13.2 Å². The molecule has 25 heavy (non-hydrogen) atoms. The Morgan fingerprint density at radius 3 is 2.32 bits per heavy atom. The molecule has 0 bridgehead atoms. The lowest BCUT2D eigenvalue weighted by Gasteiger charge is -2.33. The van der Waals surface area contributed by atoms with Gasteiger partial charge < -0.3 is 4.90 Å². The molecule has 1 aromatic carbocycles. The number of amides is 1. The number of carbonyl (C=O) groups is 1. The van der Waals surface area contributed by atoms with E-state index in [1.165, 1.54) is 15.6 Å². The first kappa shape index (κ1) is 18.1. The number of sulfonamides is 1. The molecule has 0 saturated carbocycles. The molecule has 1 fully saturated rings. The maximum atomic E-state index is 12.7. The van der Waals surface area contributed by atoms with Gasteiger partial charge in [-0.3, -0.25) is 4.79 Å². The van der Waals surface area contributed by atoms with Gasteiger partial charge in [0.05, 0.1) is 6.42 Å². The van der Waals surface area contributed by atoms with E-state index in [0.29, 0.717) is 36.8 Å². The van der Waals surface area contributed by atoms with Gasteiger partial charge in [0.2, 0.25) is 5.91 Å². The molecule has 1 aliphatic heterocycles. The van der Waals surface area contributed by atoms with E-state index in [1.807, 2.05) is 43.3 Å². The Morgan fingerprint density at radius 1 is 1.04 bits per heavy atom. The number of aryl methyl sites for hydroxylation is 1. The van der Waals surface area contributed by atoms with Crippen LogP contribution < -0.4 is 0 Å². The van der Waals surface area contributed by atoms with Gasteiger partial charge in [-0.25, -0.2) is 8.42 Å². The van der Waals surface area contributed by atoms with Crippen molar-refractivity contribution in [2.75, 3.05) is 26.2 Å². The van der Waals surface area contributed by atoms with E-state index >= 15 is 0 Å². The SMILES string of the molecule is CCc1ccc(S(=O)(=O)N2CCN(C(=O)Cc3ccccc3)CC2)s1. The van der Waals surface area contributed by atoms with E-state index in [1.54, 1.807) is 11.0 Å². The van der Waals surface area contributed by atoms with Crippen molar-refractivity contribution in [1.29, 1.82) is 0 Å². The zero-order valence-corrected chi connectivity index (χ0v) is 15.9. The molecule has 0 radical (unpaired) electrons. The van der Waals surface area contributed by atoms with Gasteiger partial charge in [-0.1, -0.05) is 37.3 Å². The summed E-state index contributed by atoms with van der Waals surface area (Å²) < 4.78 is 27.3. The summed E-state index contributed by atoms with van der Waals surface area (Å²) in [5, 5.41) is 0. The molecule has 0 spiro atoms. The summed E-state index contributed by atoms with van der Waals surface area (Å²) in [6, 6.07) is 13.2. The minimum absolute atomic E-state index is 0.0487. The van der Waals surface area contributed by atoms with Crippen LogP contribution in [-0.2, 0) is 27.7 Å². The predicted molar refractivity (Wildman–Crippen MR) is 99.2 cm³/mol. The quantitative estimate of drug-likeness (QED) is 0.803. The number of hydrogen-bond donors (Lipinski definition) is 0. The normalized spacial score (nSPS) is 16.1. The molecule has 0 N–H and O–H groups in total. The smallest absolute Gasteiger partial charge is 0.252 e. The number of carbonyl (C=O) groups excluding carboxylic acids is 1. The van der Waals surface area contributed by atoms with Crippen LogP contribution in [0.4, 0.5) is 0 Å². The van der Waals surface area contributed by atoms with Gasteiger partial charge in [0.15, 0.2) is 0 Å². The predicted octanol–water partition coefficient (Wildman–Crippen LogP) is 2.39. The first-order valence-electron chi connectivity index (χ1n) is 8.41. The largest absolute Gasteiger partial charge is 0.340 e. The number of nitrogens with zero attached hydrogens (tertiary/aromatic N) is 2. The van der Waals surface area contributed by atoms with Crippen molar-refractivity contribution in [2.45, 2.75) is 24.0 Å². The van der Waals surface area contributed by atoms with Crippen LogP contribution in [0, 0.1) is 0 Å². The summed E-state index contributed by atoms with van der Waals surface area (Å²) in [4.78, 5) is 15.2. The molecule has 2 heterocycles. The maximum absolute atomic E-state index is 12.7. The summed E-state index contributed by atoms with van der Waals surface area (Å²) >= 11 is 1.33. The van der Waals surface area contributed by atoms with Crippen LogP contribution in [0.1, 0.15) is 17.4 Å². The molecule has 0 aliphatic carbocycles. The molecule has 2 aromatic rings. The van der Waals surface area contributed by atoms with Crippen molar-refractivity contribution in [1.82, 2.24) is 9.21 Å². The second kappa shape index (κ2) is 7.68. The van der Waals surface area contributed by atoms with Crippen LogP contribution in [0.5, 0.6) is 0 Å². The minimum Gasteiger partial charge on any atom is -0.340 e. The standard InChI is InChI=1S/C18H22N2O3S2/c1-2-16-8-9-18(24-16)25(22,23)20-12-10-19(11-13-20)17(21)14-15-6-4-3-5-7-15/h3-9H,2,10-14H2,1H3. The minimum atomic E-state index is -3.45. The van der Waals surface area contributed by atoms with Crippen LogP contribution in [-0.4, -0.2) is 49.7 Å². The Kier molecular flexibility index (Phi) is 5.56. The van der Waals surface area contributed by atoms with Crippen LogP contribution in [0.15, 0.2) is 46.7 Å². The monoisotopic (exact) mass is 378 g/mol. The van der Waals surface area contributed by atoms with Gasteiger partial charge in [-0.2, -0.15) is 4.31 Å². The number of rotatable bonds is 5. The Hall–Kier alpha value is -1.70. The van der Waals surface area contributed by atoms with Crippen LogP contribution >= 0.6 is 11.3 Å². The molecule has 134 valence electrons. The Balaban J connectivity index is 1.60. The maximum Gasteiger partial charge on any atom is 0.252 e. The van der Waals surface area contributed by atoms with Gasteiger partial charge in [0.25, 0.3) is 10.0 Å². The van der Waals surface area contributed by atoms with E-state index in [-0.39, 0.29) is 5.91 Å². The molecular weight excluding hydrogens is 356 g/mol. The fourth-order valence-electron chi connectivity index (χ4n) is 2.87. The molecule has 1 aliphatic rings. The van der Waals surface area contributed by atoms with Crippen LogP contribution in [0.2, 0.25) is 0 Å². The van der Waals surface area contributed by atoms with Gasteiger partial charge in [-0.15, -0.1) is 11.3 Å². The van der Waals surface area contributed by atoms with Crippen molar-refractivity contribution in [3.8, 4) is 0 Å². The summed E-state index contributed by atoms with van der Waals surface area (Å²) in [6.07, 6.45) is 1.19. The number of piperazine rings is 1. The summed E-state index contributed by atoms with van der Waals surface area (Å²) in [6.45, 7) is 3.59. The van der Waals surface area contributed by atoms with Crippen molar-refractivity contribution in [3.63, 3.8) is 0 Å². The third-order valence-corrected chi connectivity index (χ3v) is 7.96. The van der Waals surface area contributed by atoms with Crippen molar-refractivity contribution >= 4 is 27.3 Å². The topological polar surface area (TPSA) is 57.7 Å². The lowest BCUT2D eigenvalue weighted by atomic mass is 10.1. The zero-order valence-electron chi connectivity index (χ0n) is 14.2. The molecule has 1 saturated heterocycles.